The van der Waals surface area contributed by atoms with Gasteiger partial charge in [-0.25, -0.2) is 0 Å². The van der Waals surface area contributed by atoms with Crippen LogP contribution >= 0.6 is 0 Å². The monoisotopic (exact) mass is 150 g/mol. The first-order valence-electron chi connectivity index (χ1n) is 3.19. The predicted octanol–water partition coefficient (Wildman–Crippen LogP) is -0.00110. The Hall–Kier alpha value is -1.58. The molecule has 0 fully saturated rings. The van der Waals surface area contributed by atoms with Crippen molar-refractivity contribution >= 4 is 11.5 Å². The van der Waals surface area contributed by atoms with Gasteiger partial charge in [0.05, 0.1) is 5.69 Å². The fraction of sp³-hybridized carbons (Fsp3) is 0.143. The van der Waals surface area contributed by atoms with Gasteiger partial charge >= 0.3 is 0 Å². The summed E-state index contributed by atoms with van der Waals surface area (Å²) >= 11 is 0. The number of hydrogen-bond acceptors (Lipinski definition) is 3. The van der Waals surface area contributed by atoms with E-state index < -0.39 is 0 Å². The minimum atomic E-state index is 0.364. The first-order chi connectivity index (χ1) is 5.25. The smallest absolute Gasteiger partial charge is 0.146 e. The molecule has 0 amide bonds. The van der Waals surface area contributed by atoms with Crippen molar-refractivity contribution in [1.82, 2.24) is 4.98 Å². The number of hydrogen-bond donors (Lipinski definition) is 2. The minimum absolute atomic E-state index is 0.364. The van der Waals surface area contributed by atoms with E-state index in [-0.39, 0.29) is 0 Å². The fourth-order valence-electron chi connectivity index (χ4n) is 0.738. The van der Waals surface area contributed by atoms with Gasteiger partial charge in [0, 0.05) is 13.2 Å². The summed E-state index contributed by atoms with van der Waals surface area (Å²) in [6.07, 6.45) is 1.63. The van der Waals surface area contributed by atoms with Gasteiger partial charge < -0.3 is 11.5 Å². The van der Waals surface area contributed by atoms with Crippen LogP contribution in [0.15, 0.2) is 23.3 Å². The topological polar surface area (TPSA) is 77.3 Å². The Kier molecular flexibility index (Phi) is 2.06. The molecule has 4 heteroatoms. The van der Waals surface area contributed by atoms with Gasteiger partial charge in [-0.05, 0) is 12.1 Å². The normalized spacial score (nSPS) is 11.5. The van der Waals surface area contributed by atoms with Gasteiger partial charge in [0.2, 0.25) is 0 Å². The molecule has 1 aromatic heterocycles. The van der Waals surface area contributed by atoms with Crippen molar-refractivity contribution in [3.8, 4) is 0 Å². The van der Waals surface area contributed by atoms with E-state index >= 15 is 0 Å². The standard InChI is InChI=1S/C7H10N4/c1-10-7(9)6-5(8)3-2-4-11-6/h2-4H,8H2,1H3,(H2,9,10). The van der Waals surface area contributed by atoms with Crippen LogP contribution in [0, 0.1) is 0 Å². The molecule has 0 saturated heterocycles. The summed E-state index contributed by atoms with van der Waals surface area (Å²) in [7, 11) is 1.60. The van der Waals surface area contributed by atoms with Gasteiger partial charge in [-0.2, -0.15) is 0 Å². The van der Waals surface area contributed by atoms with Crippen molar-refractivity contribution in [1.29, 1.82) is 0 Å². The van der Waals surface area contributed by atoms with E-state index in [4.69, 9.17) is 11.5 Å². The molecule has 0 atom stereocenters. The van der Waals surface area contributed by atoms with Crippen molar-refractivity contribution < 1.29 is 0 Å². The van der Waals surface area contributed by atoms with Crippen molar-refractivity contribution in [2.75, 3.05) is 12.8 Å². The van der Waals surface area contributed by atoms with Crippen molar-refractivity contribution in [3.63, 3.8) is 0 Å². The van der Waals surface area contributed by atoms with Gasteiger partial charge in [-0.15, -0.1) is 0 Å². The maximum atomic E-state index is 5.57. The molecule has 0 aromatic carbocycles. The summed E-state index contributed by atoms with van der Waals surface area (Å²) in [5, 5.41) is 0. The highest BCUT2D eigenvalue weighted by molar-refractivity contribution is 5.99. The molecular formula is C7H10N4. The Morgan fingerprint density at radius 3 is 2.91 bits per heavy atom. The van der Waals surface area contributed by atoms with Gasteiger partial charge in [0.25, 0.3) is 0 Å². The van der Waals surface area contributed by atoms with Gasteiger partial charge in [0.1, 0.15) is 11.5 Å². The zero-order valence-corrected chi connectivity index (χ0v) is 6.28. The fourth-order valence-corrected chi connectivity index (χ4v) is 0.738. The molecule has 0 aliphatic heterocycles. The lowest BCUT2D eigenvalue weighted by atomic mass is 10.3. The molecular weight excluding hydrogens is 140 g/mol. The van der Waals surface area contributed by atoms with Gasteiger partial charge in [0.15, 0.2) is 0 Å². The summed E-state index contributed by atoms with van der Waals surface area (Å²) in [5.41, 5.74) is 12.2. The summed E-state index contributed by atoms with van der Waals surface area (Å²) in [4.78, 5) is 7.74. The van der Waals surface area contributed by atoms with Crippen LogP contribution in [0.25, 0.3) is 0 Å². The third kappa shape index (κ3) is 1.46. The van der Waals surface area contributed by atoms with E-state index in [1.165, 1.54) is 0 Å². The number of nitrogens with zero attached hydrogens (tertiary/aromatic N) is 2. The largest absolute Gasteiger partial charge is 0.397 e. The van der Waals surface area contributed by atoms with Crippen LogP contribution in [0.3, 0.4) is 0 Å². The lowest BCUT2D eigenvalue weighted by Crippen LogP contribution is -2.16. The highest BCUT2D eigenvalue weighted by atomic mass is 14.9. The molecule has 11 heavy (non-hydrogen) atoms. The number of nitrogens with two attached hydrogens (primary N) is 2. The Labute approximate surface area is 65.0 Å². The summed E-state index contributed by atoms with van der Waals surface area (Å²) < 4.78 is 0. The van der Waals surface area contributed by atoms with Crippen molar-refractivity contribution in [3.05, 3.63) is 24.0 Å². The average molecular weight is 150 g/mol. The maximum absolute atomic E-state index is 5.57. The molecule has 4 N–H and O–H groups in total. The molecule has 0 aliphatic rings. The number of anilines is 1. The molecule has 0 spiro atoms. The second kappa shape index (κ2) is 3.01. The summed E-state index contributed by atoms with van der Waals surface area (Å²) in [6.45, 7) is 0. The number of pyridine rings is 1. The lowest BCUT2D eigenvalue weighted by Gasteiger charge is -2.00. The zero-order valence-electron chi connectivity index (χ0n) is 6.28. The minimum Gasteiger partial charge on any atom is -0.397 e. The number of aliphatic imine (C=N–C) groups is 1. The molecule has 1 aromatic rings. The van der Waals surface area contributed by atoms with E-state index in [0.29, 0.717) is 17.2 Å². The second-order valence-corrected chi connectivity index (χ2v) is 2.05. The molecule has 1 rings (SSSR count). The highest BCUT2D eigenvalue weighted by Gasteiger charge is 2.01. The van der Waals surface area contributed by atoms with Crippen molar-refractivity contribution in [2.45, 2.75) is 0 Å². The van der Waals surface area contributed by atoms with Gasteiger partial charge in [-0.1, -0.05) is 0 Å². The molecule has 0 bridgehead atoms. The van der Waals surface area contributed by atoms with Crippen LogP contribution in [0.2, 0.25) is 0 Å². The van der Waals surface area contributed by atoms with Crippen molar-refractivity contribution in [2.24, 2.45) is 10.7 Å². The van der Waals surface area contributed by atoms with Gasteiger partial charge in [-0.3, -0.25) is 9.98 Å². The van der Waals surface area contributed by atoms with E-state index in [2.05, 4.69) is 9.98 Å². The third-order valence-electron chi connectivity index (χ3n) is 1.32. The Balaban J connectivity index is 3.14. The second-order valence-electron chi connectivity index (χ2n) is 2.05. The third-order valence-corrected chi connectivity index (χ3v) is 1.32. The van der Waals surface area contributed by atoms with Crippen LogP contribution in [0.5, 0.6) is 0 Å². The molecule has 1 heterocycles. The van der Waals surface area contributed by atoms with E-state index in [0.717, 1.165) is 0 Å². The van der Waals surface area contributed by atoms with E-state index in [9.17, 15) is 0 Å². The number of nitrogen functional groups attached to an aromatic ring is 1. The molecule has 0 saturated carbocycles. The Morgan fingerprint density at radius 2 is 2.36 bits per heavy atom. The summed E-state index contributed by atoms with van der Waals surface area (Å²) in [6, 6.07) is 3.49. The number of amidine groups is 1. The average Bonchev–Trinajstić information content (AvgIpc) is 2.04. The molecule has 0 radical (unpaired) electrons. The van der Waals surface area contributed by atoms with Crippen LogP contribution in [-0.2, 0) is 0 Å². The number of aromatic nitrogens is 1. The predicted molar refractivity (Wildman–Crippen MR) is 45.3 cm³/mol. The SMILES string of the molecule is CN=C(N)c1ncccc1N. The Bertz CT molecular complexity index is 280. The molecule has 0 aliphatic carbocycles. The maximum Gasteiger partial charge on any atom is 0.146 e. The summed E-state index contributed by atoms with van der Waals surface area (Å²) in [5.74, 6) is 0.364. The van der Waals surface area contributed by atoms with Crippen LogP contribution in [0.4, 0.5) is 5.69 Å². The Morgan fingerprint density at radius 1 is 1.64 bits per heavy atom. The first kappa shape index (κ1) is 7.53. The zero-order chi connectivity index (χ0) is 8.27. The number of rotatable bonds is 1. The highest BCUT2D eigenvalue weighted by Crippen LogP contribution is 2.05. The van der Waals surface area contributed by atoms with Crippen LogP contribution < -0.4 is 11.5 Å². The molecule has 4 nitrogen and oxygen atoms in total. The molecule has 58 valence electrons. The quantitative estimate of drug-likeness (QED) is 0.437. The van der Waals surface area contributed by atoms with E-state index in [1.54, 1.807) is 25.4 Å². The molecule has 0 unspecified atom stereocenters. The van der Waals surface area contributed by atoms with Crippen LogP contribution in [0.1, 0.15) is 5.69 Å². The van der Waals surface area contributed by atoms with E-state index in [1.807, 2.05) is 0 Å². The first-order valence-corrected chi connectivity index (χ1v) is 3.19. The van der Waals surface area contributed by atoms with Crippen LogP contribution in [-0.4, -0.2) is 17.9 Å². The lowest BCUT2D eigenvalue weighted by molar-refractivity contribution is 1.26.